The summed E-state index contributed by atoms with van der Waals surface area (Å²) in [4.78, 5) is 20.1. The quantitative estimate of drug-likeness (QED) is 0.648. The van der Waals surface area contributed by atoms with Crippen LogP contribution < -0.4 is 10.6 Å². The molecule has 0 amide bonds. The van der Waals surface area contributed by atoms with Crippen molar-refractivity contribution in [3.63, 3.8) is 0 Å². The molecule has 2 N–H and O–H groups in total. The number of rotatable bonds is 4. The average molecular weight is 418 g/mol. The van der Waals surface area contributed by atoms with Crippen LogP contribution in [0.2, 0.25) is 0 Å². The van der Waals surface area contributed by atoms with E-state index in [1.807, 2.05) is 36.4 Å². The van der Waals surface area contributed by atoms with Gasteiger partial charge in [-0.1, -0.05) is 30.3 Å². The number of aromatic nitrogens is 1. The number of benzene rings is 2. The molecule has 2 aromatic carbocycles. The topological polar surface area (TPSA) is 77.7 Å². The molecule has 0 radical (unpaired) electrons. The molecule has 2 fully saturated rings. The van der Waals surface area contributed by atoms with E-state index >= 15 is 0 Å². The number of hydrogen-bond donors (Lipinski definition) is 1. The van der Waals surface area contributed by atoms with Crippen molar-refractivity contribution in [3.8, 4) is 11.1 Å². The Morgan fingerprint density at radius 2 is 1.71 bits per heavy atom. The largest absolute Gasteiger partial charge is 0.382 e. The summed E-state index contributed by atoms with van der Waals surface area (Å²) in [5.41, 5.74) is 10.8. The molecule has 0 bridgehead atoms. The summed E-state index contributed by atoms with van der Waals surface area (Å²) in [6, 6.07) is 16.1. The van der Waals surface area contributed by atoms with Gasteiger partial charge in [0.25, 0.3) is 0 Å². The lowest BCUT2D eigenvalue weighted by atomic mass is 9.87. The van der Waals surface area contributed by atoms with Gasteiger partial charge in [0.15, 0.2) is 5.78 Å². The SMILES string of the molecule is Nc1nc2ccc(-c3ccccc3C(=O)C3CCOCC3)cc2cc1N1CCOCC1. The van der Waals surface area contributed by atoms with Crippen molar-refractivity contribution in [2.75, 3.05) is 50.2 Å². The van der Waals surface area contributed by atoms with E-state index < -0.39 is 0 Å². The Morgan fingerprint density at radius 3 is 2.52 bits per heavy atom. The van der Waals surface area contributed by atoms with Crippen molar-refractivity contribution in [1.29, 1.82) is 0 Å². The average Bonchev–Trinajstić information content (AvgIpc) is 2.84. The predicted octanol–water partition coefficient (Wildman–Crippen LogP) is 3.93. The number of nitrogen functional groups attached to an aromatic ring is 1. The van der Waals surface area contributed by atoms with Crippen LogP contribution in [0.4, 0.5) is 11.5 Å². The van der Waals surface area contributed by atoms with E-state index in [9.17, 15) is 4.79 Å². The Morgan fingerprint density at radius 1 is 0.968 bits per heavy atom. The lowest BCUT2D eigenvalue weighted by molar-refractivity contribution is 0.0545. The third-order valence-electron chi connectivity index (χ3n) is 6.27. The Hall–Kier alpha value is -2.96. The molecule has 5 rings (SSSR count). The highest BCUT2D eigenvalue weighted by Crippen LogP contribution is 2.33. The molecule has 6 heteroatoms. The van der Waals surface area contributed by atoms with Crippen LogP contribution in [0.5, 0.6) is 0 Å². The van der Waals surface area contributed by atoms with Crippen molar-refractivity contribution in [1.82, 2.24) is 4.98 Å². The molecular formula is C25H27N3O3. The fourth-order valence-electron chi connectivity index (χ4n) is 4.53. The number of nitrogens with zero attached hydrogens (tertiary/aromatic N) is 2. The van der Waals surface area contributed by atoms with E-state index in [2.05, 4.69) is 22.0 Å². The number of morpholine rings is 1. The molecule has 31 heavy (non-hydrogen) atoms. The second-order valence-electron chi connectivity index (χ2n) is 8.20. The first kappa shape index (κ1) is 20.0. The van der Waals surface area contributed by atoms with Crippen LogP contribution in [0.1, 0.15) is 23.2 Å². The Labute approximate surface area is 182 Å². The first-order valence-corrected chi connectivity index (χ1v) is 10.9. The number of ketones is 1. The molecule has 2 aliphatic heterocycles. The zero-order valence-electron chi connectivity index (χ0n) is 17.5. The number of fused-ring (bicyclic) bond motifs is 1. The summed E-state index contributed by atoms with van der Waals surface area (Å²) < 4.78 is 10.9. The maximum Gasteiger partial charge on any atom is 0.166 e. The van der Waals surface area contributed by atoms with Gasteiger partial charge in [-0.2, -0.15) is 0 Å². The minimum atomic E-state index is 0.0322. The smallest absolute Gasteiger partial charge is 0.166 e. The molecular weight excluding hydrogens is 390 g/mol. The second kappa shape index (κ2) is 8.65. The van der Waals surface area contributed by atoms with Crippen molar-refractivity contribution < 1.29 is 14.3 Å². The van der Waals surface area contributed by atoms with Crippen LogP contribution in [-0.4, -0.2) is 50.3 Å². The van der Waals surface area contributed by atoms with Crippen LogP contribution in [0.15, 0.2) is 48.5 Å². The van der Waals surface area contributed by atoms with Gasteiger partial charge < -0.3 is 20.1 Å². The normalized spacial score (nSPS) is 17.7. The molecule has 0 aliphatic carbocycles. The number of hydrogen-bond acceptors (Lipinski definition) is 6. The third kappa shape index (κ3) is 4.01. The van der Waals surface area contributed by atoms with Crippen molar-refractivity contribution in [2.24, 2.45) is 5.92 Å². The van der Waals surface area contributed by atoms with Gasteiger partial charge in [-0.25, -0.2) is 4.98 Å². The highest BCUT2D eigenvalue weighted by Gasteiger charge is 2.25. The fourth-order valence-corrected chi connectivity index (χ4v) is 4.53. The molecule has 6 nitrogen and oxygen atoms in total. The lowest BCUT2D eigenvalue weighted by Gasteiger charge is -2.29. The van der Waals surface area contributed by atoms with Gasteiger partial charge in [0.2, 0.25) is 0 Å². The number of nitrogens with two attached hydrogens (primary N) is 1. The maximum atomic E-state index is 13.3. The summed E-state index contributed by atoms with van der Waals surface area (Å²) in [6.07, 6.45) is 1.58. The van der Waals surface area contributed by atoms with Crippen LogP contribution >= 0.6 is 0 Å². The van der Waals surface area contributed by atoms with Crippen LogP contribution in [0.3, 0.4) is 0 Å². The fraction of sp³-hybridized carbons (Fsp3) is 0.360. The van der Waals surface area contributed by atoms with E-state index in [4.69, 9.17) is 15.2 Å². The second-order valence-corrected chi connectivity index (χ2v) is 8.20. The first-order chi connectivity index (χ1) is 15.2. The van der Waals surface area contributed by atoms with E-state index in [0.29, 0.717) is 32.2 Å². The zero-order chi connectivity index (χ0) is 21.2. The van der Waals surface area contributed by atoms with Gasteiger partial charge in [0.05, 0.1) is 24.4 Å². The summed E-state index contributed by atoms with van der Waals surface area (Å²) in [5.74, 6) is 0.783. The molecule has 0 atom stereocenters. The minimum absolute atomic E-state index is 0.0322. The highest BCUT2D eigenvalue weighted by molar-refractivity contribution is 6.04. The summed E-state index contributed by atoms with van der Waals surface area (Å²) in [7, 11) is 0. The molecule has 3 aromatic rings. The molecule has 1 aromatic heterocycles. The molecule has 0 spiro atoms. The summed E-state index contributed by atoms with van der Waals surface area (Å²) in [6.45, 7) is 4.31. The molecule has 0 unspecified atom stereocenters. The standard InChI is InChI=1S/C25H27N3O3/c26-25-23(28-9-13-31-14-10-28)16-19-15-18(5-6-22(19)27-25)20-3-1-2-4-21(20)24(29)17-7-11-30-12-8-17/h1-6,15-17H,7-14H2,(H2,26,27). The Kier molecular flexibility index (Phi) is 5.57. The number of carbonyl (C=O) groups is 1. The first-order valence-electron chi connectivity index (χ1n) is 10.9. The number of ether oxygens (including phenoxy) is 2. The van der Waals surface area contributed by atoms with Crippen LogP contribution in [0, 0.1) is 5.92 Å². The van der Waals surface area contributed by atoms with E-state index in [1.54, 1.807) is 0 Å². The molecule has 3 heterocycles. The van der Waals surface area contributed by atoms with E-state index in [0.717, 1.165) is 59.2 Å². The number of Topliss-reactive ketones (excluding diaryl/α,β-unsaturated/α-hetero) is 1. The van der Waals surface area contributed by atoms with Gasteiger partial charge >= 0.3 is 0 Å². The number of carbonyl (C=O) groups excluding carboxylic acids is 1. The molecule has 0 saturated carbocycles. The molecule has 2 aliphatic rings. The Bertz CT molecular complexity index is 1100. The maximum absolute atomic E-state index is 13.3. The lowest BCUT2D eigenvalue weighted by Crippen LogP contribution is -2.36. The van der Waals surface area contributed by atoms with Gasteiger partial charge in [-0.3, -0.25) is 4.79 Å². The zero-order valence-corrected chi connectivity index (χ0v) is 17.5. The van der Waals surface area contributed by atoms with Gasteiger partial charge in [0.1, 0.15) is 5.82 Å². The molecule has 2 saturated heterocycles. The predicted molar refractivity (Wildman–Crippen MR) is 122 cm³/mol. The monoisotopic (exact) mass is 417 g/mol. The van der Waals surface area contributed by atoms with Gasteiger partial charge in [0, 0.05) is 43.2 Å². The van der Waals surface area contributed by atoms with Crippen LogP contribution in [0.25, 0.3) is 22.0 Å². The highest BCUT2D eigenvalue weighted by atomic mass is 16.5. The number of pyridine rings is 1. The van der Waals surface area contributed by atoms with Crippen LogP contribution in [-0.2, 0) is 9.47 Å². The van der Waals surface area contributed by atoms with Crippen molar-refractivity contribution in [3.05, 3.63) is 54.1 Å². The van der Waals surface area contributed by atoms with Gasteiger partial charge in [-0.05, 0) is 42.2 Å². The van der Waals surface area contributed by atoms with E-state index in [-0.39, 0.29) is 11.7 Å². The van der Waals surface area contributed by atoms with E-state index in [1.165, 1.54) is 0 Å². The Balaban J connectivity index is 1.53. The van der Waals surface area contributed by atoms with Gasteiger partial charge in [-0.15, -0.1) is 0 Å². The third-order valence-corrected chi connectivity index (χ3v) is 6.27. The molecule has 160 valence electrons. The van der Waals surface area contributed by atoms with Crippen molar-refractivity contribution >= 4 is 28.2 Å². The minimum Gasteiger partial charge on any atom is -0.382 e. The van der Waals surface area contributed by atoms with Crippen molar-refractivity contribution in [2.45, 2.75) is 12.8 Å². The number of anilines is 2. The summed E-state index contributed by atoms with van der Waals surface area (Å²) >= 11 is 0. The summed E-state index contributed by atoms with van der Waals surface area (Å²) in [5, 5.41) is 1.02.